The number of fused-ring (bicyclic) bond motifs is 1. The summed E-state index contributed by atoms with van der Waals surface area (Å²) in [7, 11) is 2.13. The fourth-order valence-electron chi connectivity index (χ4n) is 2.56. The molecule has 2 heterocycles. The van der Waals surface area contributed by atoms with E-state index < -0.39 is 11.0 Å². The predicted octanol–water partition coefficient (Wildman–Crippen LogP) is 3.82. The zero-order valence-electron chi connectivity index (χ0n) is 15.1. The lowest BCUT2D eigenvalue weighted by molar-refractivity contribution is 0.205. The van der Waals surface area contributed by atoms with Crippen molar-refractivity contribution < 1.29 is 13.4 Å². The summed E-state index contributed by atoms with van der Waals surface area (Å²) in [4.78, 5) is 14.3. The van der Waals surface area contributed by atoms with Crippen LogP contribution in [0.5, 0.6) is 0 Å². The van der Waals surface area contributed by atoms with Crippen molar-refractivity contribution in [3.05, 3.63) is 57.9 Å². The smallest absolute Gasteiger partial charge is 0.204 e. The Balaban J connectivity index is 2.04. The van der Waals surface area contributed by atoms with Crippen LogP contribution in [-0.4, -0.2) is 31.5 Å². The lowest BCUT2D eigenvalue weighted by atomic mass is 10.1. The molecule has 3 rings (SSSR count). The van der Waals surface area contributed by atoms with Crippen molar-refractivity contribution in [2.45, 2.75) is 0 Å². The SMILES string of the molecule is C=CS(=O)Nc1cccc(-c2csc3c(=O)cc(N(C)CCOC)oc23)c1. The fraction of sp³-hybridized carbons (Fsp3) is 0.211. The van der Waals surface area contributed by atoms with Gasteiger partial charge in [-0.15, -0.1) is 11.3 Å². The predicted molar refractivity (Wildman–Crippen MR) is 113 cm³/mol. The molecule has 1 unspecified atom stereocenters. The molecule has 6 nitrogen and oxygen atoms in total. The van der Waals surface area contributed by atoms with Gasteiger partial charge < -0.3 is 18.8 Å². The molecule has 0 aliphatic heterocycles. The lowest BCUT2D eigenvalue weighted by Crippen LogP contribution is -2.23. The Hall–Kier alpha value is -2.42. The summed E-state index contributed by atoms with van der Waals surface area (Å²) in [5.41, 5.74) is 2.86. The summed E-state index contributed by atoms with van der Waals surface area (Å²) < 4.78 is 26.2. The van der Waals surface area contributed by atoms with Crippen molar-refractivity contribution in [2.24, 2.45) is 0 Å². The maximum Gasteiger partial charge on any atom is 0.204 e. The van der Waals surface area contributed by atoms with E-state index in [0.717, 1.165) is 11.1 Å². The normalized spacial score (nSPS) is 12.1. The van der Waals surface area contributed by atoms with E-state index in [2.05, 4.69) is 11.3 Å². The third-order valence-electron chi connectivity index (χ3n) is 3.98. The number of thiophene rings is 1. The van der Waals surface area contributed by atoms with Crippen LogP contribution in [-0.2, 0) is 15.7 Å². The van der Waals surface area contributed by atoms with Gasteiger partial charge in [-0.2, -0.15) is 0 Å². The second kappa shape index (κ2) is 8.51. The zero-order valence-corrected chi connectivity index (χ0v) is 16.7. The van der Waals surface area contributed by atoms with E-state index in [9.17, 15) is 9.00 Å². The van der Waals surface area contributed by atoms with Crippen LogP contribution >= 0.6 is 11.3 Å². The standard InChI is InChI=1S/C19H20N2O4S2/c1-4-27(23)20-14-7-5-6-13(10-14)15-12-26-19-16(22)11-17(25-18(15)19)21(2)8-9-24-3/h4-7,10-12,20H,1,8-9H2,2-3H3. The number of likely N-dealkylation sites (N-methyl/N-ethyl adjacent to an activating group) is 1. The minimum Gasteiger partial charge on any atom is -0.439 e. The molecule has 0 saturated carbocycles. The van der Waals surface area contributed by atoms with E-state index in [1.165, 1.54) is 22.8 Å². The molecule has 0 saturated heterocycles. The summed E-state index contributed by atoms with van der Waals surface area (Å²) in [6, 6.07) is 8.96. The second-order valence-electron chi connectivity index (χ2n) is 5.82. The lowest BCUT2D eigenvalue weighted by Gasteiger charge is -2.16. The largest absolute Gasteiger partial charge is 0.439 e. The maximum atomic E-state index is 12.5. The molecule has 0 amide bonds. The van der Waals surface area contributed by atoms with Crippen molar-refractivity contribution in [1.29, 1.82) is 0 Å². The van der Waals surface area contributed by atoms with Gasteiger partial charge in [0, 0.05) is 48.8 Å². The Morgan fingerprint density at radius 2 is 2.22 bits per heavy atom. The Labute approximate surface area is 163 Å². The molecule has 0 radical (unpaired) electrons. The molecule has 0 fully saturated rings. The second-order valence-corrected chi connectivity index (χ2v) is 7.83. The molecule has 0 aliphatic rings. The van der Waals surface area contributed by atoms with Crippen LogP contribution in [0.1, 0.15) is 0 Å². The summed E-state index contributed by atoms with van der Waals surface area (Å²) in [6.07, 6.45) is 0. The topological polar surface area (TPSA) is 71.8 Å². The molecule has 1 N–H and O–H groups in total. The number of nitrogens with one attached hydrogen (secondary N) is 1. The van der Waals surface area contributed by atoms with Crippen molar-refractivity contribution in [1.82, 2.24) is 0 Å². The van der Waals surface area contributed by atoms with Crippen LogP contribution in [0.4, 0.5) is 11.6 Å². The highest BCUT2D eigenvalue weighted by Crippen LogP contribution is 2.35. The van der Waals surface area contributed by atoms with Gasteiger partial charge in [-0.1, -0.05) is 18.7 Å². The van der Waals surface area contributed by atoms with Gasteiger partial charge >= 0.3 is 0 Å². The Morgan fingerprint density at radius 1 is 1.41 bits per heavy atom. The van der Waals surface area contributed by atoms with Crippen LogP contribution in [0.25, 0.3) is 21.4 Å². The number of hydrogen-bond donors (Lipinski definition) is 1. The third-order valence-corrected chi connectivity index (χ3v) is 5.70. The van der Waals surface area contributed by atoms with Gasteiger partial charge in [0.05, 0.1) is 6.61 Å². The Morgan fingerprint density at radius 3 is 2.96 bits per heavy atom. The number of methoxy groups -OCH3 is 1. The van der Waals surface area contributed by atoms with Gasteiger partial charge in [-0.25, -0.2) is 4.21 Å². The first kappa shape index (κ1) is 19.3. The number of rotatable bonds is 8. The molecule has 142 valence electrons. The number of hydrogen-bond acceptors (Lipinski definition) is 6. The first-order valence-corrected chi connectivity index (χ1v) is 10.3. The highest BCUT2D eigenvalue weighted by Gasteiger charge is 2.15. The highest BCUT2D eigenvalue weighted by molar-refractivity contribution is 7.89. The fourth-order valence-corrected chi connectivity index (χ4v) is 3.92. The number of benzene rings is 1. The monoisotopic (exact) mass is 404 g/mol. The Kier molecular flexibility index (Phi) is 6.10. The van der Waals surface area contributed by atoms with Crippen LogP contribution < -0.4 is 15.1 Å². The third kappa shape index (κ3) is 4.29. The quantitative estimate of drug-likeness (QED) is 0.618. The molecule has 27 heavy (non-hydrogen) atoms. The molecule has 0 aliphatic carbocycles. The van der Waals surface area contributed by atoms with E-state index in [0.29, 0.717) is 35.0 Å². The first-order valence-electron chi connectivity index (χ1n) is 8.19. The molecule has 2 aromatic heterocycles. The van der Waals surface area contributed by atoms with E-state index in [-0.39, 0.29) is 5.43 Å². The summed E-state index contributed by atoms with van der Waals surface area (Å²) in [5, 5.41) is 3.23. The molecular weight excluding hydrogens is 384 g/mol. The van der Waals surface area contributed by atoms with Crippen LogP contribution in [0.15, 0.2) is 56.9 Å². The van der Waals surface area contributed by atoms with E-state index in [1.807, 2.05) is 41.6 Å². The van der Waals surface area contributed by atoms with Gasteiger partial charge in [-0.05, 0) is 17.7 Å². The van der Waals surface area contributed by atoms with Gasteiger partial charge in [-0.3, -0.25) is 4.79 Å². The van der Waals surface area contributed by atoms with Crippen molar-refractivity contribution in [2.75, 3.05) is 36.9 Å². The van der Waals surface area contributed by atoms with E-state index in [4.69, 9.17) is 9.15 Å². The van der Waals surface area contributed by atoms with Gasteiger partial charge in [0.1, 0.15) is 15.7 Å². The minimum atomic E-state index is -1.35. The Bertz CT molecular complexity index is 1040. The van der Waals surface area contributed by atoms with E-state index >= 15 is 0 Å². The van der Waals surface area contributed by atoms with Crippen molar-refractivity contribution in [3.63, 3.8) is 0 Å². The number of nitrogens with zero attached hydrogens (tertiary/aromatic N) is 1. The molecular formula is C19H20N2O4S2. The number of anilines is 2. The maximum absolute atomic E-state index is 12.5. The average molecular weight is 405 g/mol. The van der Waals surface area contributed by atoms with Gasteiger partial charge in [0.25, 0.3) is 0 Å². The van der Waals surface area contributed by atoms with Crippen molar-refractivity contribution >= 4 is 44.2 Å². The molecule has 1 atom stereocenters. The van der Waals surface area contributed by atoms with Crippen molar-refractivity contribution in [3.8, 4) is 11.1 Å². The highest BCUT2D eigenvalue weighted by atomic mass is 32.2. The molecule has 0 bridgehead atoms. The minimum absolute atomic E-state index is 0.0752. The van der Waals surface area contributed by atoms with E-state index in [1.54, 1.807) is 7.11 Å². The molecule has 1 aromatic carbocycles. The molecule has 8 heteroatoms. The van der Waals surface area contributed by atoms with Gasteiger partial charge in [0.2, 0.25) is 5.43 Å². The number of ether oxygens (including phenoxy) is 1. The molecule has 3 aromatic rings. The van der Waals surface area contributed by atoms with Gasteiger partial charge in [0.15, 0.2) is 11.5 Å². The summed E-state index contributed by atoms with van der Waals surface area (Å²) in [6.45, 7) is 4.64. The summed E-state index contributed by atoms with van der Waals surface area (Å²) in [5.74, 6) is 0.492. The summed E-state index contributed by atoms with van der Waals surface area (Å²) >= 11 is 1.35. The van der Waals surface area contributed by atoms with Crippen LogP contribution in [0, 0.1) is 0 Å². The average Bonchev–Trinajstić information content (AvgIpc) is 3.10. The zero-order chi connectivity index (χ0) is 19.4. The van der Waals surface area contributed by atoms with Crippen LogP contribution in [0.3, 0.4) is 0 Å². The molecule has 0 spiro atoms. The van der Waals surface area contributed by atoms with Crippen LogP contribution in [0.2, 0.25) is 0 Å². The first-order chi connectivity index (χ1) is 13.0.